The van der Waals surface area contributed by atoms with E-state index in [-0.39, 0.29) is 5.60 Å². The third kappa shape index (κ3) is 3.53. The topological polar surface area (TPSA) is 41.5 Å². The molecule has 0 aliphatic carbocycles. The molecule has 4 atom stereocenters. The van der Waals surface area contributed by atoms with Gasteiger partial charge in [-0.1, -0.05) is 46.5 Å². The number of hydrogen-bond acceptors (Lipinski definition) is 3. The molecule has 1 fully saturated rings. The van der Waals surface area contributed by atoms with Gasteiger partial charge in [0, 0.05) is 30.5 Å². The van der Waals surface area contributed by atoms with E-state index in [0.717, 1.165) is 24.4 Å². The van der Waals surface area contributed by atoms with Gasteiger partial charge < -0.3 is 15.2 Å². The lowest BCUT2D eigenvalue weighted by atomic mass is 9.75. The molecule has 0 amide bonds. The second-order valence-corrected chi connectivity index (χ2v) is 8.79. The zero-order valence-corrected chi connectivity index (χ0v) is 16.6. The Kier molecular flexibility index (Phi) is 5.34. The minimum Gasteiger partial charge on any atom is -0.508 e. The standard InChI is InChI=1S/C22H35NO2/c1-6-7-8-9-14(2)15(3)16-10-19(24)21-17-12-23-13-18(17)22(4,5)25-20(21)11-16/h10-11,14-15,17-18,23-24H,6-9,12-13H2,1-5H3. The van der Waals surface area contributed by atoms with Crippen molar-refractivity contribution in [3.8, 4) is 11.5 Å². The minimum absolute atomic E-state index is 0.192. The molecule has 3 nitrogen and oxygen atoms in total. The van der Waals surface area contributed by atoms with Crippen LogP contribution in [0.3, 0.4) is 0 Å². The van der Waals surface area contributed by atoms with Crippen molar-refractivity contribution in [3.63, 3.8) is 0 Å². The highest BCUT2D eigenvalue weighted by Crippen LogP contribution is 2.51. The summed E-state index contributed by atoms with van der Waals surface area (Å²) in [5.41, 5.74) is 2.03. The number of aromatic hydroxyl groups is 1. The van der Waals surface area contributed by atoms with Gasteiger partial charge in [-0.3, -0.25) is 0 Å². The number of phenols is 1. The molecule has 1 saturated heterocycles. The maximum absolute atomic E-state index is 10.8. The van der Waals surface area contributed by atoms with E-state index in [9.17, 15) is 5.11 Å². The van der Waals surface area contributed by atoms with Crippen LogP contribution in [0, 0.1) is 11.8 Å². The Morgan fingerprint density at radius 1 is 1.24 bits per heavy atom. The van der Waals surface area contributed by atoms with Crippen LogP contribution in [0.2, 0.25) is 0 Å². The summed E-state index contributed by atoms with van der Waals surface area (Å²) < 4.78 is 6.38. The Labute approximate surface area is 153 Å². The second kappa shape index (κ2) is 7.19. The van der Waals surface area contributed by atoms with E-state index in [4.69, 9.17) is 4.74 Å². The van der Waals surface area contributed by atoms with Crippen molar-refractivity contribution in [2.75, 3.05) is 13.1 Å². The van der Waals surface area contributed by atoms with Crippen molar-refractivity contribution >= 4 is 0 Å². The predicted molar refractivity (Wildman–Crippen MR) is 104 cm³/mol. The SMILES string of the molecule is CCCCCC(C)C(C)c1cc(O)c2c(c1)OC(C)(C)C1CNCC21. The van der Waals surface area contributed by atoms with Gasteiger partial charge in [0.15, 0.2) is 0 Å². The Hall–Kier alpha value is -1.22. The van der Waals surface area contributed by atoms with Crippen LogP contribution in [-0.2, 0) is 0 Å². The summed E-state index contributed by atoms with van der Waals surface area (Å²) in [6.45, 7) is 13.1. The monoisotopic (exact) mass is 345 g/mol. The molecular weight excluding hydrogens is 310 g/mol. The van der Waals surface area contributed by atoms with Gasteiger partial charge in [0.25, 0.3) is 0 Å². The number of nitrogens with one attached hydrogen (secondary N) is 1. The number of benzene rings is 1. The van der Waals surface area contributed by atoms with Crippen LogP contribution in [0.15, 0.2) is 12.1 Å². The summed E-state index contributed by atoms with van der Waals surface area (Å²) in [4.78, 5) is 0. The zero-order valence-electron chi connectivity index (χ0n) is 16.6. The Bertz CT molecular complexity index is 610. The van der Waals surface area contributed by atoms with E-state index >= 15 is 0 Å². The lowest BCUT2D eigenvalue weighted by Crippen LogP contribution is -2.44. The molecule has 1 aromatic rings. The van der Waals surface area contributed by atoms with E-state index < -0.39 is 0 Å². The molecule has 0 saturated carbocycles. The number of ether oxygens (including phenoxy) is 1. The molecule has 2 N–H and O–H groups in total. The first-order valence-electron chi connectivity index (χ1n) is 10.1. The predicted octanol–water partition coefficient (Wildman–Crippen LogP) is 5.19. The van der Waals surface area contributed by atoms with Crippen LogP contribution in [0.25, 0.3) is 0 Å². The summed E-state index contributed by atoms with van der Waals surface area (Å²) in [5, 5.41) is 14.3. The number of hydrogen-bond donors (Lipinski definition) is 2. The first-order valence-corrected chi connectivity index (χ1v) is 10.1. The average molecular weight is 346 g/mol. The van der Waals surface area contributed by atoms with Crippen LogP contribution in [0.1, 0.15) is 83.3 Å². The van der Waals surface area contributed by atoms with Crippen LogP contribution in [0.4, 0.5) is 0 Å². The smallest absolute Gasteiger partial charge is 0.127 e. The van der Waals surface area contributed by atoms with E-state index in [1.54, 1.807) is 0 Å². The molecule has 1 aromatic carbocycles. The maximum atomic E-state index is 10.8. The fourth-order valence-electron chi connectivity index (χ4n) is 4.72. The molecule has 2 heterocycles. The first-order chi connectivity index (χ1) is 11.8. The number of unbranched alkanes of at least 4 members (excludes halogenated alkanes) is 2. The molecular formula is C22H35NO2. The second-order valence-electron chi connectivity index (χ2n) is 8.79. The third-order valence-electron chi connectivity index (χ3n) is 6.64. The molecule has 0 bridgehead atoms. The highest BCUT2D eigenvalue weighted by Gasteiger charge is 2.47. The molecule has 140 valence electrons. The number of rotatable bonds is 6. The maximum Gasteiger partial charge on any atom is 0.127 e. The highest BCUT2D eigenvalue weighted by molar-refractivity contribution is 5.53. The van der Waals surface area contributed by atoms with E-state index in [0.29, 0.717) is 29.4 Å². The lowest BCUT2D eigenvalue weighted by molar-refractivity contribution is 0.0259. The van der Waals surface area contributed by atoms with Gasteiger partial charge in [-0.25, -0.2) is 0 Å². The molecule has 4 unspecified atom stereocenters. The molecule has 2 aliphatic rings. The van der Waals surface area contributed by atoms with Crippen LogP contribution in [-0.4, -0.2) is 23.8 Å². The van der Waals surface area contributed by atoms with Crippen molar-refractivity contribution in [2.45, 2.75) is 77.7 Å². The van der Waals surface area contributed by atoms with Crippen molar-refractivity contribution in [1.29, 1.82) is 0 Å². The Morgan fingerprint density at radius 3 is 2.72 bits per heavy atom. The Balaban J connectivity index is 1.86. The third-order valence-corrected chi connectivity index (χ3v) is 6.64. The Morgan fingerprint density at radius 2 is 2.00 bits per heavy atom. The molecule has 0 radical (unpaired) electrons. The quantitative estimate of drug-likeness (QED) is 0.698. The molecule has 25 heavy (non-hydrogen) atoms. The van der Waals surface area contributed by atoms with Crippen LogP contribution < -0.4 is 10.1 Å². The molecule has 0 spiro atoms. The summed E-state index contributed by atoms with van der Waals surface area (Å²) in [7, 11) is 0. The van der Waals surface area contributed by atoms with Crippen molar-refractivity contribution in [1.82, 2.24) is 5.32 Å². The lowest BCUT2D eigenvalue weighted by Gasteiger charge is -2.42. The van der Waals surface area contributed by atoms with E-state index in [2.05, 4.69) is 46.0 Å². The largest absolute Gasteiger partial charge is 0.508 e. The highest BCUT2D eigenvalue weighted by atomic mass is 16.5. The van der Waals surface area contributed by atoms with Crippen molar-refractivity contribution < 1.29 is 9.84 Å². The summed E-state index contributed by atoms with van der Waals surface area (Å²) in [6, 6.07) is 4.20. The van der Waals surface area contributed by atoms with Crippen LogP contribution in [0.5, 0.6) is 11.5 Å². The van der Waals surface area contributed by atoms with Crippen LogP contribution >= 0.6 is 0 Å². The number of phenolic OH excluding ortho intramolecular Hbond substituents is 1. The van der Waals surface area contributed by atoms with Gasteiger partial charge in [-0.05, 0) is 43.4 Å². The van der Waals surface area contributed by atoms with Gasteiger partial charge in [0.2, 0.25) is 0 Å². The first kappa shape index (κ1) is 18.6. The van der Waals surface area contributed by atoms with E-state index in [1.807, 2.05) is 6.07 Å². The normalized spacial score (nSPS) is 26.4. The average Bonchev–Trinajstić information content (AvgIpc) is 3.04. The number of fused-ring (bicyclic) bond motifs is 3. The van der Waals surface area contributed by atoms with Gasteiger partial charge in [0.05, 0.1) is 0 Å². The zero-order chi connectivity index (χ0) is 18.2. The molecule has 3 heteroatoms. The van der Waals surface area contributed by atoms with Gasteiger partial charge >= 0.3 is 0 Å². The summed E-state index contributed by atoms with van der Waals surface area (Å²) >= 11 is 0. The fraction of sp³-hybridized carbons (Fsp3) is 0.727. The van der Waals surface area contributed by atoms with Crippen molar-refractivity contribution in [3.05, 3.63) is 23.3 Å². The van der Waals surface area contributed by atoms with Crippen molar-refractivity contribution in [2.24, 2.45) is 11.8 Å². The summed E-state index contributed by atoms with van der Waals surface area (Å²) in [6.07, 6.45) is 5.10. The summed E-state index contributed by atoms with van der Waals surface area (Å²) in [5.74, 6) is 3.14. The fourth-order valence-corrected chi connectivity index (χ4v) is 4.72. The van der Waals surface area contributed by atoms with Gasteiger partial charge in [0.1, 0.15) is 17.1 Å². The van der Waals surface area contributed by atoms with Gasteiger partial charge in [-0.2, -0.15) is 0 Å². The molecule has 3 rings (SSSR count). The molecule has 0 aromatic heterocycles. The minimum atomic E-state index is -0.192. The van der Waals surface area contributed by atoms with E-state index in [1.165, 1.54) is 31.2 Å². The van der Waals surface area contributed by atoms with Gasteiger partial charge in [-0.15, -0.1) is 0 Å². The molecule has 2 aliphatic heterocycles.